The van der Waals surface area contributed by atoms with Gasteiger partial charge in [0.15, 0.2) is 5.03 Å². The van der Waals surface area contributed by atoms with E-state index in [-0.39, 0.29) is 27.4 Å². The number of halogens is 1. The number of thiazole rings is 1. The number of benzene rings is 2. The largest absolute Gasteiger partial charge is 0.366 e. The number of sulfone groups is 1. The van der Waals surface area contributed by atoms with E-state index in [0.29, 0.717) is 36.1 Å². The van der Waals surface area contributed by atoms with Crippen molar-refractivity contribution in [2.75, 3.05) is 36.8 Å². The lowest BCUT2D eigenvalue weighted by Crippen LogP contribution is -2.49. The Balaban J connectivity index is 1.37. The van der Waals surface area contributed by atoms with Crippen molar-refractivity contribution in [1.82, 2.24) is 9.88 Å². The first-order chi connectivity index (χ1) is 15.4. The minimum atomic E-state index is -3.75. The van der Waals surface area contributed by atoms with E-state index in [1.54, 1.807) is 47.4 Å². The highest BCUT2D eigenvalue weighted by Gasteiger charge is 2.27. The molecule has 0 aliphatic carbocycles. The summed E-state index contributed by atoms with van der Waals surface area (Å²) in [6.45, 7) is 3.97. The molecule has 4 rings (SSSR count). The molecule has 0 unspecified atom stereocenters. The Morgan fingerprint density at radius 3 is 2.47 bits per heavy atom. The first kappa shape index (κ1) is 22.8. The van der Waals surface area contributed by atoms with Crippen molar-refractivity contribution in [1.29, 1.82) is 0 Å². The number of aromatic nitrogens is 1. The van der Waals surface area contributed by atoms with Crippen molar-refractivity contribution < 1.29 is 17.6 Å². The molecule has 0 atom stereocenters. The van der Waals surface area contributed by atoms with E-state index in [9.17, 15) is 17.6 Å². The fourth-order valence-electron chi connectivity index (χ4n) is 3.45. The normalized spacial score (nSPS) is 14.6. The van der Waals surface area contributed by atoms with E-state index in [1.807, 2.05) is 11.8 Å². The molecule has 10 heteroatoms. The van der Waals surface area contributed by atoms with Crippen LogP contribution in [0, 0.1) is 12.7 Å². The number of rotatable bonds is 6. The quantitative estimate of drug-likeness (QED) is 0.488. The number of thioether (sulfide) groups is 1. The van der Waals surface area contributed by atoms with Gasteiger partial charge in [0, 0.05) is 26.2 Å². The number of carbonyl (C=O) groups is 1. The molecule has 0 bridgehead atoms. The molecule has 1 amide bonds. The monoisotopic (exact) mass is 491 g/mol. The van der Waals surface area contributed by atoms with Crippen LogP contribution in [0.3, 0.4) is 0 Å². The first-order valence-electron chi connectivity index (χ1n) is 10.0. The van der Waals surface area contributed by atoms with Crippen molar-refractivity contribution in [3.63, 3.8) is 0 Å². The first-order valence-corrected chi connectivity index (χ1v) is 13.4. The zero-order valence-corrected chi connectivity index (χ0v) is 19.9. The average Bonchev–Trinajstić information content (AvgIpc) is 3.28. The lowest BCUT2D eigenvalue weighted by atomic mass is 10.2. The summed E-state index contributed by atoms with van der Waals surface area (Å²) in [4.78, 5) is 20.6. The molecule has 2 heterocycles. The summed E-state index contributed by atoms with van der Waals surface area (Å²) in [5.41, 5.74) is 3.00. The van der Waals surface area contributed by atoms with Crippen molar-refractivity contribution >= 4 is 44.5 Å². The number of para-hydroxylation sites is 1. The molecule has 1 aliphatic heterocycles. The van der Waals surface area contributed by atoms with Crippen LogP contribution in [0.2, 0.25) is 0 Å². The highest BCUT2D eigenvalue weighted by atomic mass is 32.2. The molecule has 1 aliphatic rings. The van der Waals surface area contributed by atoms with E-state index in [2.05, 4.69) is 4.98 Å². The molecule has 6 nitrogen and oxygen atoms in total. The van der Waals surface area contributed by atoms with Crippen LogP contribution in [-0.4, -0.2) is 56.1 Å². The van der Waals surface area contributed by atoms with Gasteiger partial charge in [-0.2, -0.15) is 0 Å². The maximum atomic E-state index is 14.0. The average molecular weight is 492 g/mol. The number of aryl methyl sites for hydroxylation is 1. The maximum Gasteiger partial charge on any atom is 0.233 e. The fraction of sp³-hybridized carbons (Fsp3) is 0.273. The summed E-state index contributed by atoms with van der Waals surface area (Å²) in [7, 11) is -3.75. The molecule has 0 radical (unpaired) electrons. The number of nitrogens with zero attached hydrogens (tertiary/aromatic N) is 3. The van der Waals surface area contributed by atoms with Gasteiger partial charge in [-0.25, -0.2) is 17.8 Å². The van der Waals surface area contributed by atoms with Gasteiger partial charge in [0.05, 0.1) is 26.1 Å². The standard InChI is InChI=1S/C22H22FN3O3S3/c1-16-6-8-17(9-7-16)32(28,29)21-22(31-15-24-21)30-14-20(27)26-12-10-25(11-13-26)19-5-3-2-4-18(19)23/h2-9,15H,10-14H2,1H3. The van der Waals surface area contributed by atoms with Gasteiger partial charge in [-0.1, -0.05) is 29.8 Å². The highest BCUT2D eigenvalue weighted by Crippen LogP contribution is 2.33. The Kier molecular flexibility index (Phi) is 6.82. The van der Waals surface area contributed by atoms with Gasteiger partial charge >= 0.3 is 0 Å². The van der Waals surface area contributed by atoms with E-state index in [1.165, 1.54) is 34.7 Å². The van der Waals surface area contributed by atoms with Crippen LogP contribution in [0.5, 0.6) is 0 Å². The molecule has 0 spiro atoms. The Hall–Kier alpha value is -2.43. The topological polar surface area (TPSA) is 70.6 Å². The second kappa shape index (κ2) is 9.60. The second-order valence-corrected chi connectivity index (χ2v) is 11.3. The number of anilines is 1. The van der Waals surface area contributed by atoms with Crippen LogP contribution in [-0.2, 0) is 14.6 Å². The van der Waals surface area contributed by atoms with E-state index < -0.39 is 9.84 Å². The van der Waals surface area contributed by atoms with E-state index >= 15 is 0 Å². The minimum absolute atomic E-state index is 0.00600. The molecule has 1 fully saturated rings. The molecule has 168 valence electrons. The summed E-state index contributed by atoms with van der Waals surface area (Å²) < 4.78 is 40.5. The third kappa shape index (κ3) is 4.82. The van der Waals surface area contributed by atoms with E-state index in [0.717, 1.165) is 5.56 Å². The third-order valence-electron chi connectivity index (χ3n) is 5.24. The molecule has 3 aromatic rings. The van der Waals surface area contributed by atoms with Gasteiger partial charge < -0.3 is 9.80 Å². The molecule has 1 saturated heterocycles. The predicted octanol–water partition coefficient (Wildman–Crippen LogP) is 3.86. The number of carbonyl (C=O) groups excluding carboxylic acids is 1. The molecular formula is C22H22FN3O3S3. The molecule has 2 aromatic carbocycles. The second-order valence-electron chi connectivity index (χ2n) is 7.37. The van der Waals surface area contributed by atoms with Gasteiger partial charge in [-0.15, -0.1) is 23.1 Å². The van der Waals surface area contributed by atoms with Gasteiger partial charge in [-0.3, -0.25) is 4.79 Å². The lowest BCUT2D eigenvalue weighted by Gasteiger charge is -2.36. The molecule has 32 heavy (non-hydrogen) atoms. The van der Waals surface area contributed by atoms with Crippen LogP contribution in [0.25, 0.3) is 0 Å². The summed E-state index contributed by atoms with van der Waals surface area (Å²) >= 11 is 2.41. The van der Waals surface area contributed by atoms with Crippen molar-refractivity contribution in [3.8, 4) is 0 Å². The molecule has 0 N–H and O–H groups in total. The smallest absolute Gasteiger partial charge is 0.233 e. The van der Waals surface area contributed by atoms with Gasteiger partial charge in [-0.05, 0) is 31.2 Å². The SMILES string of the molecule is Cc1ccc(S(=O)(=O)c2ncsc2SCC(=O)N2CCN(c3ccccc3F)CC2)cc1. The Morgan fingerprint density at radius 1 is 1.09 bits per heavy atom. The molecule has 1 aromatic heterocycles. The van der Waals surface area contributed by atoms with Crippen LogP contribution in [0.15, 0.2) is 68.2 Å². The van der Waals surface area contributed by atoms with Gasteiger partial charge in [0.2, 0.25) is 15.7 Å². The van der Waals surface area contributed by atoms with Crippen molar-refractivity contribution in [2.24, 2.45) is 0 Å². The summed E-state index contributed by atoms with van der Waals surface area (Å²) in [5, 5.41) is -0.00600. The third-order valence-corrected chi connectivity index (χ3v) is 9.32. The summed E-state index contributed by atoms with van der Waals surface area (Å²) in [6.07, 6.45) is 0. The Labute approximate surface area is 195 Å². The lowest BCUT2D eigenvalue weighted by molar-refractivity contribution is -0.128. The number of hydrogen-bond acceptors (Lipinski definition) is 7. The van der Waals surface area contributed by atoms with Crippen LogP contribution >= 0.6 is 23.1 Å². The Bertz CT molecular complexity index is 1200. The summed E-state index contributed by atoms with van der Waals surface area (Å²) in [5.74, 6) is -0.219. The number of hydrogen-bond donors (Lipinski definition) is 0. The van der Waals surface area contributed by atoms with Crippen molar-refractivity contribution in [2.45, 2.75) is 21.1 Å². The number of piperazine rings is 1. The predicted molar refractivity (Wildman–Crippen MR) is 125 cm³/mol. The van der Waals surface area contributed by atoms with Gasteiger partial charge in [0.25, 0.3) is 0 Å². The van der Waals surface area contributed by atoms with E-state index in [4.69, 9.17) is 0 Å². The Morgan fingerprint density at radius 2 is 1.78 bits per heavy atom. The zero-order valence-electron chi connectivity index (χ0n) is 17.4. The summed E-state index contributed by atoms with van der Waals surface area (Å²) in [6, 6.07) is 13.3. The molecule has 0 saturated carbocycles. The van der Waals surface area contributed by atoms with Gasteiger partial charge in [0.1, 0.15) is 5.82 Å². The van der Waals surface area contributed by atoms with Crippen LogP contribution in [0.1, 0.15) is 5.56 Å². The minimum Gasteiger partial charge on any atom is -0.366 e. The maximum absolute atomic E-state index is 14.0. The van der Waals surface area contributed by atoms with Crippen LogP contribution in [0.4, 0.5) is 10.1 Å². The number of amides is 1. The molecular weight excluding hydrogens is 469 g/mol. The zero-order chi connectivity index (χ0) is 22.7. The highest BCUT2D eigenvalue weighted by molar-refractivity contribution is 8.02. The van der Waals surface area contributed by atoms with Crippen LogP contribution < -0.4 is 4.90 Å². The fourth-order valence-corrected chi connectivity index (χ4v) is 7.23. The van der Waals surface area contributed by atoms with Crippen molar-refractivity contribution in [3.05, 3.63) is 65.4 Å².